The lowest BCUT2D eigenvalue weighted by molar-refractivity contribution is -0.137. The fourth-order valence-electron chi connectivity index (χ4n) is 1.67. The maximum absolute atomic E-state index is 11.7. The van der Waals surface area contributed by atoms with E-state index < -0.39 is 5.60 Å². The third-order valence-electron chi connectivity index (χ3n) is 2.99. The molecule has 0 unspecified atom stereocenters. The highest BCUT2D eigenvalue weighted by Crippen LogP contribution is 2.09. The smallest absolute Gasteiger partial charge is 0.251 e. The fourth-order valence-corrected chi connectivity index (χ4v) is 1.67. The number of benzene rings is 1. The van der Waals surface area contributed by atoms with E-state index in [1.165, 1.54) is 25.0 Å². The maximum atomic E-state index is 11.7. The molecule has 1 aromatic rings. The summed E-state index contributed by atoms with van der Waals surface area (Å²) in [6.07, 6.45) is 1.63. The number of aliphatic hydroxyl groups is 1. The van der Waals surface area contributed by atoms with Crippen molar-refractivity contribution in [2.24, 2.45) is 0 Å². The first kappa shape index (κ1) is 14.7. The average Bonchev–Trinajstić information content (AvgIpc) is 2.29. The molecule has 100 valence electrons. The van der Waals surface area contributed by atoms with E-state index in [2.05, 4.69) is 36.5 Å². The summed E-state index contributed by atoms with van der Waals surface area (Å²) in [6, 6.07) is 8.36. The van der Waals surface area contributed by atoms with E-state index in [1.807, 2.05) is 6.92 Å². The SMILES string of the molecule is CC[C@H](Cc1ccc(C)cc1)NC(=O)C(C)(C)O. The highest BCUT2D eigenvalue weighted by Gasteiger charge is 2.25. The second-order valence-corrected chi connectivity index (χ2v) is 5.33. The van der Waals surface area contributed by atoms with Gasteiger partial charge in [0, 0.05) is 6.04 Å². The number of hydrogen-bond donors (Lipinski definition) is 2. The van der Waals surface area contributed by atoms with Crippen LogP contribution >= 0.6 is 0 Å². The zero-order valence-electron chi connectivity index (χ0n) is 11.7. The van der Waals surface area contributed by atoms with Gasteiger partial charge in [0.05, 0.1) is 0 Å². The average molecular weight is 249 g/mol. The molecule has 3 heteroatoms. The highest BCUT2D eigenvalue weighted by atomic mass is 16.3. The number of carbonyl (C=O) groups excluding carboxylic acids is 1. The molecule has 0 heterocycles. The number of carbonyl (C=O) groups is 1. The van der Waals surface area contributed by atoms with Crippen LogP contribution in [0.5, 0.6) is 0 Å². The van der Waals surface area contributed by atoms with E-state index in [1.54, 1.807) is 0 Å². The molecule has 1 rings (SSSR count). The van der Waals surface area contributed by atoms with Crippen molar-refractivity contribution in [3.05, 3.63) is 35.4 Å². The van der Waals surface area contributed by atoms with Crippen LogP contribution in [0, 0.1) is 6.92 Å². The minimum atomic E-state index is -1.32. The van der Waals surface area contributed by atoms with Crippen LogP contribution in [0.2, 0.25) is 0 Å². The predicted octanol–water partition coefficient (Wildman–Crippen LogP) is 2.20. The van der Waals surface area contributed by atoms with Gasteiger partial charge in [-0.15, -0.1) is 0 Å². The first-order chi connectivity index (χ1) is 8.32. The van der Waals surface area contributed by atoms with Gasteiger partial charge in [-0.05, 0) is 39.2 Å². The Bertz CT molecular complexity index is 390. The molecule has 0 radical (unpaired) electrons. The highest BCUT2D eigenvalue weighted by molar-refractivity contribution is 5.84. The van der Waals surface area contributed by atoms with Crippen molar-refractivity contribution in [3.8, 4) is 0 Å². The zero-order valence-corrected chi connectivity index (χ0v) is 11.7. The van der Waals surface area contributed by atoms with Gasteiger partial charge in [-0.2, -0.15) is 0 Å². The van der Waals surface area contributed by atoms with Gasteiger partial charge in [0.15, 0.2) is 0 Å². The quantitative estimate of drug-likeness (QED) is 0.840. The van der Waals surface area contributed by atoms with Gasteiger partial charge in [0.25, 0.3) is 5.91 Å². The molecule has 1 atom stereocenters. The monoisotopic (exact) mass is 249 g/mol. The van der Waals surface area contributed by atoms with Crippen molar-refractivity contribution >= 4 is 5.91 Å². The second-order valence-electron chi connectivity index (χ2n) is 5.33. The minimum Gasteiger partial charge on any atom is -0.381 e. The van der Waals surface area contributed by atoms with Crippen LogP contribution in [0.25, 0.3) is 0 Å². The molecule has 0 spiro atoms. The van der Waals surface area contributed by atoms with Crippen molar-refractivity contribution < 1.29 is 9.90 Å². The lowest BCUT2D eigenvalue weighted by Gasteiger charge is -2.22. The molecule has 18 heavy (non-hydrogen) atoms. The molecule has 1 aromatic carbocycles. The number of aryl methyl sites for hydroxylation is 1. The Morgan fingerprint density at radius 2 is 1.89 bits per heavy atom. The lowest BCUT2D eigenvalue weighted by atomic mass is 10.0. The van der Waals surface area contributed by atoms with E-state index in [4.69, 9.17) is 0 Å². The fraction of sp³-hybridized carbons (Fsp3) is 0.533. The van der Waals surface area contributed by atoms with Gasteiger partial charge in [-0.1, -0.05) is 36.8 Å². The van der Waals surface area contributed by atoms with Crippen LogP contribution in [-0.4, -0.2) is 22.7 Å². The van der Waals surface area contributed by atoms with E-state index in [-0.39, 0.29) is 11.9 Å². The molecule has 0 aliphatic heterocycles. The van der Waals surface area contributed by atoms with Gasteiger partial charge >= 0.3 is 0 Å². The predicted molar refractivity (Wildman–Crippen MR) is 73.4 cm³/mol. The van der Waals surface area contributed by atoms with E-state index in [0.29, 0.717) is 0 Å². The van der Waals surface area contributed by atoms with Crippen molar-refractivity contribution in [2.45, 2.75) is 52.2 Å². The zero-order chi connectivity index (χ0) is 13.8. The molecule has 0 saturated heterocycles. The van der Waals surface area contributed by atoms with Crippen LogP contribution in [0.15, 0.2) is 24.3 Å². The molecule has 0 fully saturated rings. The van der Waals surface area contributed by atoms with Crippen molar-refractivity contribution in [1.82, 2.24) is 5.32 Å². The molecule has 0 aliphatic rings. The largest absolute Gasteiger partial charge is 0.381 e. The molecule has 0 aromatic heterocycles. The summed E-state index contributed by atoms with van der Waals surface area (Å²) in [4.78, 5) is 11.7. The Hall–Kier alpha value is -1.35. The summed E-state index contributed by atoms with van der Waals surface area (Å²) in [7, 11) is 0. The first-order valence-corrected chi connectivity index (χ1v) is 6.41. The van der Waals surface area contributed by atoms with Crippen LogP contribution in [0.1, 0.15) is 38.3 Å². The lowest BCUT2D eigenvalue weighted by Crippen LogP contribution is -2.47. The van der Waals surface area contributed by atoms with Crippen LogP contribution in [-0.2, 0) is 11.2 Å². The molecular weight excluding hydrogens is 226 g/mol. The molecule has 0 aliphatic carbocycles. The molecular formula is C15H23NO2. The number of hydrogen-bond acceptors (Lipinski definition) is 2. The summed E-state index contributed by atoms with van der Waals surface area (Å²) in [5, 5.41) is 12.5. The molecule has 1 amide bonds. The molecule has 3 nitrogen and oxygen atoms in total. The van der Waals surface area contributed by atoms with Gasteiger partial charge in [-0.3, -0.25) is 4.79 Å². The topological polar surface area (TPSA) is 49.3 Å². The van der Waals surface area contributed by atoms with Crippen LogP contribution in [0.3, 0.4) is 0 Å². The summed E-state index contributed by atoms with van der Waals surface area (Å²) in [6.45, 7) is 7.09. The third-order valence-corrected chi connectivity index (χ3v) is 2.99. The molecule has 0 saturated carbocycles. The van der Waals surface area contributed by atoms with Crippen LogP contribution < -0.4 is 5.32 Å². The number of amides is 1. The Morgan fingerprint density at radius 3 is 2.33 bits per heavy atom. The van der Waals surface area contributed by atoms with E-state index >= 15 is 0 Å². The van der Waals surface area contributed by atoms with E-state index in [9.17, 15) is 9.90 Å². The Morgan fingerprint density at radius 1 is 1.33 bits per heavy atom. The van der Waals surface area contributed by atoms with Crippen LogP contribution in [0.4, 0.5) is 0 Å². The maximum Gasteiger partial charge on any atom is 0.251 e. The normalized spacial score (nSPS) is 13.2. The molecule has 2 N–H and O–H groups in total. The third kappa shape index (κ3) is 4.49. The van der Waals surface area contributed by atoms with Crippen molar-refractivity contribution in [3.63, 3.8) is 0 Å². The Labute approximate surface area is 109 Å². The van der Waals surface area contributed by atoms with Gasteiger partial charge < -0.3 is 10.4 Å². The summed E-state index contributed by atoms with van der Waals surface area (Å²) < 4.78 is 0. The van der Waals surface area contributed by atoms with Gasteiger partial charge in [-0.25, -0.2) is 0 Å². The Kier molecular flexibility index (Phi) is 4.91. The first-order valence-electron chi connectivity index (χ1n) is 6.41. The summed E-state index contributed by atoms with van der Waals surface area (Å²) in [5.74, 6) is -0.318. The van der Waals surface area contributed by atoms with Gasteiger partial charge in [0.2, 0.25) is 0 Å². The van der Waals surface area contributed by atoms with Crippen molar-refractivity contribution in [1.29, 1.82) is 0 Å². The van der Waals surface area contributed by atoms with Crippen molar-refractivity contribution in [2.75, 3.05) is 0 Å². The summed E-state index contributed by atoms with van der Waals surface area (Å²) in [5.41, 5.74) is 1.11. The summed E-state index contributed by atoms with van der Waals surface area (Å²) >= 11 is 0. The minimum absolute atomic E-state index is 0.0617. The molecule has 0 bridgehead atoms. The number of nitrogens with one attached hydrogen (secondary N) is 1. The van der Waals surface area contributed by atoms with Gasteiger partial charge in [0.1, 0.15) is 5.60 Å². The Balaban J connectivity index is 2.62. The standard InChI is InChI=1S/C15H23NO2/c1-5-13(16-14(17)15(3,4)18)10-12-8-6-11(2)7-9-12/h6-9,13,18H,5,10H2,1-4H3,(H,16,17)/t13-/m1/s1. The van der Waals surface area contributed by atoms with E-state index in [0.717, 1.165) is 12.8 Å². The number of rotatable bonds is 5. The second kappa shape index (κ2) is 6.01.